The molecule has 2 aromatic carbocycles. The first-order valence-corrected chi connectivity index (χ1v) is 8.05. The largest absolute Gasteiger partial charge is 0.504 e. The first-order chi connectivity index (χ1) is 11.5. The van der Waals surface area contributed by atoms with Gasteiger partial charge in [0, 0.05) is 18.7 Å². The van der Waals surface area contributed by atoms with Crippen molar-refractivity contribution in [2.45, 2.75) is 26.4 Å². The van der Waals surface area contributed by atoms with E-state index in [0.29, 0.717) is 25.4 Å². The molecule has 0 radical (unpaired) electrons. The lowest BCUT2D eigenvalue weighted by atomic mass is 9.97. The lowest BCUT2D eigenvalue weighted by molar-refractivity contribution is -0.122. The van der Waals surface area contributed by atoms with Gasteiger partial charge in [0.05, 0.1) is 6.04 Å². The molecule has 2 aromatic rings. The SMILES string of the molecule is Cc1ccccc1-c1cc(O)c2c(c1)CN([C@@H](C)C(N)=O)CCO2. The van der Waals surface area contributed by atoms with E-state index < -0.39 is 0 Å². The van der Waals surface area contributed by atoms with Crippen LogP contribution in [-0.2, 0) is 11.3 Å². The first-order valence-electron chi connectivity index (χ1n) is 8.05. The Morgan fingerprint density at radius 2 is 2.08 bits per heavy atom. The number of carbonyl (C=O) groups excluding carboxylic acids is 1. The van der Waals surface area contributed by atoms with Gasteiger partial charge >= 0.3 is 0 Å². The third-order valence-electron chi connectivity index (χ3n) is 4.56. The maximum atomic E-state index is 11.5. The number of primary amides is 1. The second kappa shape index (κ2) is 6.53. The van der Waals surface area contributed by atoms with Crippen molar-refractivity contribution in [3.05, 3.63) is 47.5 Å². The summed E-state index contributed by atoms with van der Waals surface area (Å²) in [5, 5.41) is 10.4. The summed E-state index contributed by atoms with van der Waals surface area (Å²) in [6.45, 7) is 5.32. The minimum absolute atomic E-state index is 0.124. The van der Waals surface area contributed by atoms with Crippen LogP contribution in [0.4, 0.5) is 0 Å². The average molecular weight is 326 g/mol. The zero-order valence-corrected chi connectivity index (χ0v) is 14.0. The van der Waals surface area contributed by atoms with Crippen LogP contribution in [0.15, 0.2) is 36.4 Å². The Hall–Kier alpha value is -2.53. The summed E-state index contributed by atoms with van der Waals surface area (Å²) in [5.41, 5.74) is 9.43. The van der Waals surface area contributed by atoms with Gasteiger partial charge in [-0.2, -0.15) is 0 Å². The van der Waals surface area contributed by atoms with Gasteiger partial charge in [0.1, 0.15) is 6.61 Å². The van der Waals surface area contributed by atoms with E-state index in [0.717, 1.165) is 22.3 Å². The van der Waals surface area contributed by atoms with Gasteiger partial charge in [-0.05, 0) is 42.7 Å². The maximum absolute atomic E-state index is 11.5. The van der Waals surface area contributed by atoms with Crippen LogP contribution in [0.3, 0.4) is 0 Å². The zero-order chi connectivity index (χ0) is 17.3. The molecular formula is C19H22N2O3. The first kappa shape index (κ1) is 16.3. The Morgan fingerprint density at radius 1 is 1.33 bits per heavy atom. The Bertz CT molecular complexity index is 773. The number of aryl methyl sites for hydroxylation is 1. The number of nitrogens with zero attached hydrogens (tertiary/aromatic N) is 1. The van der Waals surface area contributed by atoms with Gasteiger partial charge in [-0.1, -0.05) is 24.3 Å². The topological polar surface area (TPSA) is 75.8 Å². The van der Waals surface area contributed by atoms with Crippen LogP contribution >= 0.6 is 0 Å². The van der Waals surface area contributed by atoms with Crippen LogP contribution in [0.5, 0.6) is 11.5 Å². The molecule has 0 fully saturated rings. The van der Waals surface area contributed by atoms with Crippen LogP contribution in [0.25, 0.3) is 11.1 Å². The molecule has 1 aliphatic rings. The minimum Gasteiger partial charge on any atom is -0.504 e. The highest BCUT2D eigenvalue weighted by Crippen LogP contribution is 2.38. The van der Waals surface area contributed by atoms with E-state index in [1.54, 1.807) is 13.0 Å². The Kier molecular flexibility index (Phi) is 4.44. The van der Waals surface area contributed by atoms with Gasteiger partial charge in [0.25, 0.3) is 0 Å². The molecule has 0 bridgehead atoms. The zero-order valence-electron chi connectivity index (χ0n) is 14.0. The van der Waals surface area contributed by atoms with Crippen molar-refractivity contribution in [3.8, 4) is 22.6 Å². The number of hydrogen-bond acceptors (Lipinski definition) is 4. The Labute approximate surface area is 141 Å². The van der Waals surface area contributed by atoms with E-state index >= 15 is 0 Å². The van der Waals surface area contributed by atoms with E-state index in [1.807, 2.05) is 42.2 Å². The molecule has 5 heteroatoms. The number of phenolic OH excluding ortho intramolecular Hbond substituents is 1. The van der Waals surface area contributed by atoms with Crippen molar-refractivity contribution in [2.75, 3.05) is 13.2 Å². The number of rotatable bonds is 3. The quantitative estimate of drug-likeness (QED) is 0.908. The number of carbonyl (C=O) groups is 1. The standard InChI is InChI=1S/C19H22N2O3/c1-12-5-3-4-6-16(12)14-9-15-11-21(13(2)19(20)23)7-8-24-18(15)17(22)10-14/h3-6,9-10,13,22H,7-8,11H2,1-2H3,(H2,20,23)/t13-/m0/s1. The molecule has 24 heavy (non-hydrogen) atoms. The summed E-state index contributed by atoms with van der Waals surface area (Å²) in [6.07, 6.45) is 0. The fraction of sp³-hybridized carbons (Fsp3) is 0.316. The number of nitrogens with two attached hydrogens (primary N) is 1. The number of ether oxygens (including phenoxy) is 1. The second-order valence-corrected chi connectivity index (χ2v) is 6.20. The molecule has 3 rings (SSSR count). The molecule has 1 atom stereocenters. The van der Waals surface area contributed by atoms with Crippen molar-refractivity contribution in [1.29, 1.82) is 0 Å². The highest BCUT2D eigenvalue weighted by atomic mass is 16.5. The van der Waals surface area contributed by atoms with Crippen molar-refractivity contribution in [3.63, 3.8) is 0 Å². The summed E-state index contributed by atoms with van der Waals surface area (Å²) in [7, 11) is 0. The molecule has 0 saturated carbocycles. The van der Waals surface area contributed by atoms with Crippen LogP contribution in [-0.4, -0.2) is 35.1 Å². The van der Waals surface area contributed by atoms with E-state index in [2.05, 4.69) is 0 Å². The van der Waals surface area contributed by atoms with Crippen LogP contribution in [0.2, 0.25) is 0 Å². The molecule has 0 spiro atoms. The summed E-state index contributed by atoms with van der Waals surface area (Å²) in [5.74, 6) is 0.253. The summed E-state index contributed by atoms with van der Waals surface area (Å²) >= 11 is 0. The number of aromatic hydroxyl groups is 1. The highest BCUT2D eigenvalue weighted by Gasteiger charge is 2.25. The van der Waals surface area contributed by atoms with E-state index in [4.69, 9.17) is 10.5 Å². The summed E-state index contributed by atoms with van der Waals surface area (Å²) in [4.78, 5) is 13.5. The van der Waals surface area contributed by atoms with Gasteiger partial charge in [0.15, 0.2) is 11.5 Å². The lowest BCUT2D eigenvalue weighted by Crippen LogP contribution is -2.43. The maximum Gasteiger partial charge on any atom is 0.234 e. The molecule has 0 aromatic heterocycles. The third kappa shape index (κ3) is 3.08. The van der Waals surface area contributed by atoms with Crippen molar-refractivity contribution < 1.29 is 14.6 Å². The third-order valence-corrected chi connectivity index (χ3v) is 4.56. The second-order valence-electron chi connectivity index (χ2n) is 6.20. The molecule has 1 heterocycles. The molecule has 0 aliphatic carbocycles. The van der Waals surface area contributed by atoms with E-state index in [9.17, 15) is 9.90 Å². The van der Waals surface area contributed by atoms with Crippen molar-refractivity contribution >= 4 is 5.91 Å². The van der Waals surface area contributed by atoms with Crippen LogP contribution < -0.4 is 10.5 Å². The number of phenols is 1. The average Bonchev–Trinajstić information content (AvgIpc) is 2.77. The monoisotopic (exact) mass is 326 g/mol. The lowest BCUT2D eigenvalue weighted by Gasteiger charge is -2.24. The summed E-state index contributed by atoms with van der Waals surface area (Å²) < 4.78 is 5.72. The van der Waals surface area contributed by atoms with E-state index in [-0.39, 0.29) is 17.7 Å². The van der Waals surface area contributed by atoms with E-state index in [1.165, 1.54) is 0 Å². The van der Waals surface area contributed by atoms with Crippen LogP contribution in [0, 0.1) is 6.92 Å². The number of amides is 1. The highest BCUT2D eigenvalue weighted by molar-refractivity contribution is 5.79. The Morgan fingerprint density at radius 3 is 2.79 bits per heavy atom. The molecular weight excluding hydrogens is 304 g/mol. The van der Waals surface area contributed by atoms with Crippen LogP contribution in [0.1, 0.15) is 18.1 Å². The Balaban J connectivity index is 2.03. The molecule has 5 nitrogen and oxygen atoms in total. The number of hydrogen-bond donors (Lipinski definition) is 2. The number of benzene rings is 2. The molecule has 1 amide bonds. The summed E-state index contributed by atoms with van der Waals surface area (Å²) in [6, 6.07) is 11.4. The number of fused-ring (bicyclic) bond motifs is 1. The fourth-order valence-corrected chi connectivity index (χ4v) is 3.08. The normalized spacial score (nSPS) is 15.9. The van der Waals surface area contributed by atoms with Gasteiger partial charge in [-0.3, -0.25) is 9.69 Å². The molecule has 3 N–H and O–H groups in total. The molecule has 126 valence electrons. The smallest absolute Gasteiger partial charge is 0.234 e. The van der Waals surface area contributed by atoms with Gasteiger partial charge in [-0.25, -0.2) is 0 Å². The van der Waals surface area contributed by atoms with Gasteiger partial charge in [-0.15, -0.1) is 0 Å². The molecule has 0 unspecified atom stereocenters. The predicted octanol–water partition coefficient (Wildman–Crippen LogP) is 2.44. The van der Waals surface area contributed by atoms with Crippen molar-refractivity contribution in [1.82, 2.24) is 4.90 Å². The molecule has 0 saturated heterocycles. The van der Waals surface area contributed by atoms with Gasteiger partial charge < -0.3 is 15.6 Å². The molecule has 1 aliphatic heterocycles. The minimum atomic E-state index is -0.385. The predicted molar refractivity (Wildman–Crippen MR) is 92.8 cm³/mol. The van der Waals surface area contributed by atoms with Gasteiger partial charge in [0.2, 0.25) is 5.91 Å². The fourth-order valence-electron chi connectivity index (χ4n) is 3.08. The van der Waals surface area contributed by atoms with Crippen molar-refractivity contribution in [2.24, 2.45) is 5.73 Å².